The van der Waals surface area contributed by atoms with Gasteiger partial charge in [-0.05, 0) is 46.9 Å². The first kappa shape index (κ1) is 18.2. The molecule has 7 nitrogen and oxygen atoms in total. The summed E-state index contributed by atoms with van der Waals surface area (Å²) in [4.78, 5) is 12.4. The van der Waals surface area contributed by atoms with Gasteiger partial charge in [0.25, 0.3) is 5.91 Å². The minimum Gasteiger partial charge on any atom is -0.485 e. The highest BCUT2D eigenvalue weighted by molar-refractivity contribution is 5.85. The van der Waals surface area contributed by atoms with E-state index in [9.17, 15) is 4.79 Å². The lowest BCUT2D eigenvalue weighted by Gasteiger charge is -2.27. The van der Waals surface area contributed by atoms with Gasteiger partial charge >= 0.3 is 0 Å². The topological polar surface area (TPSA) is 78.4 Å². The van der Waals surface area contributed by atoms with Gasteiger partial charge in [-0.25, -0.2) is 5.43 Å². The molecule has 2 aromatic rings. The maximum atomic E-state index is 12.4. The molecule has 1 N–H and O–H groups in total. The molecule has 2 heterocycles. The molecule has 0 unspecified atom stereocenters. The van der Waals surface area contributed by atoms with Crippen molar-refractivity contribution in [3.63, 3.8) is 0 Å². The second-order valence-corrected chi connectivity index (χ2v) is 7.68. The predicted molar refractivity (Wildman–Crippen MR) is 103 cm³/mol. The van der Waals surface area contributed by atoms with E-state index < -0.39 is 6.10 Å². The van der Waals surface area contributed by atoms with Crippen molar-refractivity contribution in [2.75, 3.05) is 13.4 Å². The van der Waals surface area contributed by atoms with Gasteiger partial charge in [0.2, 0.25) is 12.9 Å². The number of carbonyl (C=O) groups is 1. The summed E-state index contributed by atoms with van der Waals surface area (Å²) < 4.78 is 22.1. The van der Waals surface area contributed by atoms with Crippen molar-refractivity contribution < 1.29 is 23.7 Å². The molecule has 0 aromatic heterocycles. The molecule has 0 fully saturated rings. The van der Waals surface area contributed by atoms with Gasteiger partial charge in [0.15, 0.2) is 23.0 Å². The minimum absolute atomic E-state index is 0.0253. The van der Waals surface area contributed by atoms with Crippen LogP contribution in [0.3, 0.4) is 0 Å². The van der Waals surface area contributed by atoms with Crippen LogP contribution in [-0.2, 0) is 10.2 Å². The Morgan fingerprint density at radius 1 is 1.04 bits per heavy atom. The van der Waals surface area contributed by atoms with E-state index in [0.29, 0.717) is 23.0 Å². The first-order chi connectivity index (χ1) is 13.4. The zero-order chi connectivity index (χ0) is 19.7. The molecule has 146 valence electrons. The molecule has 28 heavy (non-hydrogen) atoms. The average Bonchev–Trinajstić information content (AvgIpc) is 3.14. The SMILES string of the molecule is CC(C)(C)c1ccc2c(c1)O[C@H](C(=O)NN=Cc1ccc3c(c1)OCO3)CO2. The van der Waals surface area contributed by atoms with Crippen molar-refractivity contribution in [2.24, 2.45) is 5.10 Å². The number of hydrazone groups is 1. The normalized spacial score (nSPS) is 17.6. The quantitative estimate of drug-likeness (QED) is 0.652. The maximum Gasteiger partial charge on any atom is 0.284 e. The van der Waals surface area contributed by atoms with Gasteiger partial charge in [0.1, 0.15) is 6.61 Å². The molecule has 1 atom stereocenters. The third kappa shape index (κ3) is 3.74. The van der Waals surface area contributed by atoms with Gasteiger partial charge in [-0.1, -0.05) is 26.8 Å². The van der Waals surface area contributed by atoms with Crippen molar-refractivity contribution in [2.45, 2.75) is 32.3 Å². The second-order valence-electron chi connectivity index (χ2n) is 7.68. The van der Waals surface area contributed by atoms with Gasteiger partial charge < -0.3 is 18.9 Å². The third-order valence-electron chi connectivity index (χ3n) is 4.55. The third-order valence-corrected chi connectivity index (χ3v) is 4.55. The molecule has 7 heteroatoms. The highest BCUT2D eigenvalue weighted by atomic mass is 16.7. The fraction of sp³-hybridized carbons (Fsp3) is 0.333. The zero-order valence-corrected chi connectivity index (χ0v) is 16.0. The minimum atomic E-state index is -0.767. The monoisotopic (exact) mass is 382 g/mol. The predicted octanol–water partition coefficient (Wildman–Crippen LogP) is 3.00. The van der Waals surface area contributed by atoms with Crippen molar-refractivity contribution in [3.05, 3.63) is 47.5 Å². The summed E-state index contributed by atoms with van der Waals surface area (Å²) in [6.45, 7) is 6.70. The van der Waals surface area contributed by atoms with Gasteiger partial charge in [-0.2, -0.15) is 5.10 Å². The first-order valence-electron chi connectivity index (χ1n) is 9.07. The van der Waals surface area contributed by atoms with Crippen LogP contribution >= 0.6 is 0 Å². The molecule has 0 saturated heterocycles. The van der Waals surface area contributed by atoms with Gasteiger partial charge in [0.05, 0.1) is 6.21 Å². The molecule has 0 aliphatic carbocycles. The van der Waals surface area contributed by atoms with E-state index in [1.54, 1.807) is 12.1 Å². The Hall–Kier alpha value is -3.22. The lowest BCUT2D eigenvalue weighted by Crippen LogP contribution is -2.42. The number of benzene rings is 2. The summed E-state index contributed by atoms with van der Waals surface area (Å²) in [6.07, 6.45) is 0.770. The summed E-state index contributed by atoms with van der Waals surface area (Å²) in [5.41, 5.74) is 4.36. The van der Waals surface area contributed by atoms with Crippen LogP contribution in [0.1, 0.15) is 31.9 Å². The maximum absolute atomic E-state index is 12.4. The molecule has 1 amide bonds. The summed E-state index contributed by atoms with van der Waals surface area (Å²) >= 11 is 0. The van der Waals surface area contributed by atoms with Crippen LogP contribution in [0.2, 0.25) is 0 Å². The summed E-state index contributed by atoms with van der Waals surface area (Å²) in [7, 11) is 0. The van der Waals surface area contributed by atoms with E-state index in [-0.39, 0.29) is 24.7 Å². The highest BCUT2D eigenvalue weighted by Gasteiger charge is 2.28. The number of amides is 1. The van der Waals surface area contributed by atoms with E-state index in [1.807, 2.05) is 24.3 Å². The van der Waals surface area contributed by atoms with Crippen LogP contribution in [0.15, 0.2) is 41.5 Å². The summed E-state index contributed by atoms with van der Waals surface area (Å²) in [5, 5.41) is 4.00. The smallest absolute Gasteiger partial charge is 0.284 e. The summed E-state index contributed by atoms with van der Waals surface area (Å²) in [6, 6.07) is 11.2. The van der Waals surface area contributed by atoms with Crippen molar-refractivity contribution >= 4 is 12.1 Å². The van der Waals surface area contributed by atoms with Crippen LogP contribution in [0.25, 0.3) is 0 Å². The lowest BCUT2D eigenvalue weighted by molar-refractivity contribution is -0.130. The molecular weight excluding hydrogens is 360 g/mol. The number of nitrogens with one attached hydrogen (secondary N) is 1. The Morgan fingerprint density at radius 2 is 1.79 bits per heavy atom. The van der Waals surface area contributed by atoms with Crippen LogP contribution in [-0.4, -0.2) is 31.6 Å². The number of hydrogen-bond donors (Lipinski definition) is 1. The standard InChI is InChI=1S/C21H22N2O5/c1-21(2,3)14-5-7-16-18(9-14)28-19(11-25-16)20(24)23-22-10-13-4-6-15-17(8-13)27-12-26-15/h4-10,19H,11-12H2,1-3H3,(H,23,24)/t19-/m0/s1. The second kappa shape index (κ2) is 7.07. The van der Waals surface area contributed by atoms with Crippen LogP contribution in [0.5, 0.6) is 23.0 Å². The van der Waals surface area contributed by atoms with E-state index >= 15 is 0 Å². The van der Waals surface area contributed by atoms with E-state index in [2.05, 4.69) is 31.3 Å². The van der Waals surface area contributed by atoms with Crippen LogP contribution < -0.4 is 24.4 Å². The largest absolute Gasteiger partial charge is 0.485 e. The molecule has 2 aliphatic rings. The molecule has 0 bridgehead atoms. The van der Waals surface area contributed by atoms with Crippen LogP contribution in [0, 0.1) is 0 Å². The molecule has 4 rings (SSSR count). The Balaban J connectivity index is 1.39. The fourth-order valence-electron chi connectivity index (χ4n) is 2.90. The molecular formula is C21H22N2O5. The van der Waals surface area contributed by atoms with Gasteiger partial charge in [-0.15, -0.1) is 0 Å². The number of fused-ring (bicyclic) bond motifs is 2. The van der Waals surface area contributed by atoms with Gasteiger partial charge in [0, 0.05) is 0 Å². The highest BCUT2D eigenvalue weighted by Crippen LogP contribution is 2.36. The average molecular weight is 382 g/mol. The Kier molecular flexibility index (Phi) is 4.58. The summed E-state index contributed by atoms with van der Waals surface area (Å²) in [5.74, 6) is 2.19. The first-order valence-corrected chi connectivity index (χ1v) is 9.07. The number of rotatable bonds is 3. The number of ether oxygens (including phenoxy) is 4. The van der Waals surface area contributed by atoms with Crippen molar-refractivity contribution in [3.8, 4) is 23.0 Å². The Labute approximate surface area is 163 Å². The van der Waals surface area contributed by atoms with E-state index in [4.69, 9.17) is 18.9 Å². The molecule has 0 saturated carbocycles. The molecule has 0 radical (unpaired) electrons. The molecule has 0 spiro atoms. The van der Waals surface area contributed by atoms with Gasteiger partial charge in [-0.3, -0.25) is 4.79 Å². The molecule has 2 aromatic carbocycles. The van der Waals surface area contributed by atoms with E-state index in [1.165, 1.54) is 6.21 Å². The Morgan fingerprint density at radius 3 is 2.61 bits per heavy atom. The Bertz CT molecular complexity index is 933. The van der Waals surface area contributed by atoms with Crippen molar-refractivity contribution in [1.82, 2.24) is 5.43 Å². The zero-order valence-electron chi connectivity index (χ0n) is 16.0. The van der Waals surface area contributed by atoms with E-state index in [0.717, 1.165) is 11.1 Å². The number of nitrogens with zero attached hydrogens (tertiary/aromatic N) is 1. The fourth-order valence-corrected chi connectivity index (χ4v) is 2.90. The van der Waals surface area contributed by atoms with Crippen LogP contribution in [0.4, 0.5) is 0 Å². The molecule has 2 aliphatic heterocycles. The lowest BCUT2D eigenvalue weighted by atomic mass is 9.87. The number of hydrogen-bond acceptors (Lipinski definition) is 6. The van der Waals surface area contributed by atoms with Crippen molar-refractivity contribution in [1.29, 1.82) is 0 Å². The number of carbonyl (C=O) groups excluding carboxylic acids is 1.